The van der Waals surface area contributed by atoms with E-state index < -0.39 is 0 Å². The van der Waals surface area contributed by atoms with Crippen molar-refractivity contribution in [2.45, 2.75) is 19.2 Å². The molecule has 78 valence electrons. The van der Waals surface area contributed by atoms with E-state index in [1.165, 1.54) is 0 Å². The lowest BCUT2D eigenvalue weighted by Crippen LogP contribution is -2.19. The van der Waals surface area contributed by atoms with Crippen LogP contribution in [0.2, 0.25) is 5.02 Å². The maximum Gasteiger partial charge on any atom is 0.0642 e. The number of anilines is 1. The quantitative estimate of drug-likeness (QED) is 0.711. The van der Waals surface area contributed by atoms with E-state index in [0.29, 0.717) is 5.88 Å². The van der Waals surface area contributed by atoms with Gasteiger partial charge in [-0.15, -0.1) is 11.6 Å². The summed E-state index contributed by atoms with van der Waals surface area (Å²) in [5.74, 6) is 0.504. The van der Waals surface area contributed by atoms with E-state index >= 15 is 0 Å². The van der Waals surface area contributed by atoms with E-state index in [4.69, 9.17) is 23.2 Å². The standard InChI is InChI=1S/C11H15Cl2N/c1-3-7-14(2)11-9(8-12)5-4-6-10(11)13/h4-6H,3,7-8H2,1-2H3. The third-order valence-corrected chi connectivity index (χ3v) is 2.75. The van der Waals surface area contributed by atoms with Crippen LogP contribution in [0.1, 0.15) is 18.9 Å². The fourth-order valence-electron chi connectivity index (χ4n) is 1.54. The predicted octanol–water partition coefficient (Wildman–Crippen LogP) is 3.93. The summed E-state index contributed by atoms with van der Waals surface area (Å²) in [4.78, 5) is 2.15. The molecule has 0 spiro atoms. The lowest BCUT2D eigenvalue weighted by molar-refractivity contribution is 0.848. The molecule has 14 heavy (non-hydrogen) atoms. The van der Waals surface area contributed by atoms with Gasteiger partial charge in [0.1, 0.15) is 0 Å². The second kappa shape index (κ2) is 5.47. The fraction of sp³-hybridized carbons (Fsp3) is 0.455. The zero-order valence-corrected chi connectivity index (χ0v) is 10.1. The van der Waals surface area contributed by atoms with Crippen molar-refractivity contribution < 1.29 is 0 Å². The van der Waals surface area contributed by atoms with Gasteiger partial charge in [0.2, 0.25) is 0 Å². The Kier molecular flexibility index (Phi) is 4.56. The molecule has 1 aromatic rings. The highest BCUT2D eigenvalue weighted by Crippen LogP contribution is 2.30. The number of para-hydroxylation sites is 1. The summed E-state index contributed by atoms with van der Waals surface area (Å²) in [7, 11) is 2.04. The molecule has 1 nitrogen and oxygen atoms in total. The van der Waals surface area contributed by atoms with Crippen LogP contribution in [0.4, 0.5) is 5.69 Å². The smallest absolute Gasteiger partial charge is 0.0642 e. The normalized spacial score (nSPS) is 10.3. The highest BCUT2D eigenvalue weighted by Gasteiger charge is 2.09. The molecule has 0 atom stereocenters. The molecule has 0 aromatic heterocycles. The average Bonchev–Trinajstić information content (AvgIpc) is 2.17. The Hall–Kier alpha value is -0.400. The average molecular weight is 232 g/mol. The zero-order chi connectivity index (χ0) is 10.6. The van der Waals surface area contributed by atoms with E-state index in [0.717, 1.165) is 29.2 Å². The van der Waals surface area contributed by atoms with E-state index in [9.17, 15) is 0 Å². The second-order valence-corrected chi connectivity index (χ2v) is 3.98. The second-order valence-electron chi connectivity index (χ2n) is 3.30. The highest BCUT2D eigenvalue weighted by atomic mass is 35.5. The maximum absolute atomic E-state index is 6.14. The molecule has 0 unspecified atom stereocenters. The Balaban J connectivity index is 3.03. The Morgan fingerprint density at radius 1 is 1.36 bits per heavy atom. The molecule has 0 N–H and O–H groups in total. The molecule has 0 amide bonds. The summed E-state index contributed by atoms with van der Waals surface area (Å²) in [6.07, 6.45) is 1.10. The molecule has 0 fully saturated rings. The van der Waals surface area contributed by atoms with Crippen molar-refractivity contribution in [3.05, 3.63) is 28.8 Å². The first kappa shape index (κ1) is 11.7. The molecule has 0 aliphatic heterocycles. The summed E-state index contributed by atoms with van der Waals surface area (Å²) < 4.78 is 0. The molecule has 0 heterocycles. The van der Waals surface area contributed by atoms with Gasteiger partial charge in [0.25, 0.3) is 0 Å². The van der Waals surface area contributed by atoms with Crippen LogP contribution in [0.25, 0.3) is 0 Å². The van der Waals surface area contributed by atoms with Gasteiger partial charge < -0.3 is 4.90 Å². The number of alkyl halides is 1. The molecule has 0 saturated carbocycles. The van der Waals surface area contributed by atoms with Gasteiger partial charge >= 0.3 is 0 Å². The summed E-state index contributed by atoms with van der Waals surface area (Å²) in [6.45, 7) is 3.14. The van der Waals surface area contributed by atoms with Gasteiger partial charge in [0.15, 0.2) is 0 Å². The number of nitrogens with zero attached hydrogens (tertiary/aromatic N) is 1. The summed E-state index contributed by atoms with van der Waals surface area (Å²) in [5.41, 5.74) is 2.15. The third-order valence-electron chi connectivity index (χ3n) is 2.16. The van der Waals surface area contributed by atoms with Crippen LogP contribution < -0.4 is 4.90 Å². The van der Waals surface area contributed by atoms with E-state index in [-0.39, 0.29) is 0 Å². The van der Waals surface area contributed by atoms with Crippen molar-refractivity contribution >= 4 is 28.9 Å². The Bertz CT molecular complexity index is 299. The number of hydrogen-bond acceptors (Lipinski definition) is 1. The zero-order valence-electron chi connectivity index (χ0n) is 8.56. The molecule has 0 saturated heterocycles. The Morgan fingerprint density at radius 2 is 2.07 bits per heavy atom. The number of hydrogen-bond donors (Lipinski definition) is 0. The molecular weight excluding hydrogens is 217 g/mol. The first-order valence-electron chi connectivity index (χ1n) is 4.75. The molecular formula is C11H15Cl2N. The third kappa shape index (κ3) is 2.55. The molecule has 0 aliphatic carbocycles. The molecule has 0 radical (unpaired) electrons. The number of benzene rings is 1. The highest BCUT2D eigenvalue weighted by molar-refractivity contribution is 6.33. The summed E-state index contributed by atoms with van der Waals surface area (Å²) in [6, 6.07) is 5.85. The molecule has 1 aromatic carbocycles. The molecule has 3 heteroatoms. The van der Waals surface area contributed by atoms with E-state index in [1.807, 2.05) is 25.2 Å². The molecule has 0 aliphatic rings. The SMILES string of the molecule is CCCN(C)c1c(Cl)cccc1CCl. The number of rotatable bonds is 4. The molecule has 0 bridgehead atoms. The molecule has 1 rings (SSSR count). The lowest BCUT2D eigenvalue weighted by Gasteiger charge is -2.22. The van der Waals surface area contributed by atoms with Crippen molar-refractivity contribution in [1.29, 1.82) is 0 Å². The Labute approximate surface area is 95.6 Å². The van der Waals surface area contributed by atoms with Gasteiger partial charge in [0.05, 0.1) is 10.7 Å². The maximum atomic E-state index is 6.14. The first-order chi connectivity index (χ1) is 6.70. The van der Waals surface area contributed by atoms with E-state index in [1.54, 1.807) is 0 Å². The van der Waals surface area contributed by atoms with Crippen LogP contribution in [0.15, 0.2) is 18.2 Å². The van der Waals surface area contributed by atoms with Crippen molar-refractivity contribution in [2.75, 3.05) is 18.5 Å². The van der Waals surface area contributed by atoms with Gasteiger partial charge in [-0.1, -0.05) is 30.7 Å². The van der Waals surface area contributed by atoms with Gasteiger partial charge in [-0.25, -0.2) is 0 Å². The van der Waals surface area contributed by atoms with Crippen LogP contribution in [-0.2, 0) is 5.88 Å². The fourth-order valence-corrected chi connectivity index (χ4v) is 2.10. The summed E-state index contributed by atoms with van der Waals surface area (Å²) >= 11 is 12.0. The van der Waals surface area contributed by atoms with Crippen LogP contribution >= 0.6 is 23.2 Å². The topological polar surface area (TPSA) is 3.24 Å². The van der Waals surface area contributed by atoms with Crippen molar-refractivity contribution in [3.8, 4) is 0 Å². The van der Waals surface area contributed by atoms with Crippen LogP contribution in [0.3, 0.4) is 0 Å². The first-order valence-corrected chi connectivity index (χ1v) is 5.66. The predicted molar refractivity (Wildman–Crippen MR) is 64.6 cm³/mol. The largest absolute Gasteiger partial charge is 0.373 e. The van der Waals surface area contributed by atoms with Gasteiger partial charge in [-0.2, -0.15) is 0 Å². The van der Waals surface area contributed by atoms with Crippen molar-refractivity contribution in [2.24, 2.45) is 0 Å². The van der Waals surface area contributed by atoms with Gasteiger partial charge in [-0.05, 0) is 18.1 Å². The van der Waals surface area contributed by atoms with Gasteiger partial charge in [0, 0.05) is 19.5 Å². The minimum absolute atomic E-state index is 0.504. The van der Waals surface area contributed by atoms with Crippen molar-refractivity contribution in [3.63, 3.8) is 0 Å². The van der Waals surface area contributed by atoms with Crippen LogP contribution in [-0.4, -0.2) is 13.6 Å². The lowest BCUT2D eigenvalue weighted by atomic mass is 10.2. The van der Waals surface area contributed by atoms with Gasteiger partial charge in [-0.3, -0.25) is 0 Å². The monoisotopic (exact) mass is 231 g/mol. The van der Waals surface area contributed by atoms with Crippen LogP contribution in [0.5, 0.6) is 0 Å². The van der Waals surface area contributed by atoms with Crippen LogP contribution in [0, 0.1) is 0 Å². The van der Waals surface area contributed by atoms with Crippen molar-refractivity contribution in [1.82, 2.24) is 0 Å². The Morgan fingerprint density at radius 3 is 2.64 bits per heavy atom. The number of halogens is 2. The summed E-state index contributed by atoms with van der Waals surface area (Å²) in [5, 5.41) is 0.777. The minimum Gasteiger partial charge on any atom is -0.373 e. The minimum atomic E-state index is 0.504. The van der Waals surface area contributed by atoms with E-state index in [2.05, 4.69) is 11.8 Å².